The molecule has 0 saturated heterocycles. The number of nitro groups is 1. The fraction of sp³-hybridized carbons (Fsp3) is 0.0769. The Morgan fingerprint density at radius 3 is 2.63 bits per heavy atom. The molecule has 0 aliphatic heterocycles. The molecule has 98 valence electrons. The van der Waals surface area contributed by atoms with Crippen molar-refractivity contribution in [2.24, 2.45) is 0 Å². The van der Waals surface area contributed by atoms with E-state index >= 15 is 0 Å². The standard InChI is InChI=1S/C13H9Cl2NO3/c14-11-5-2-6-12(13(11)15)19-8-9-3-1-4-10(7-9)16(17)18/h1-7H,8H2. The van der Waals surface area contributed by atoms with Crippen LogP contribution in [0.5, 0.6) is 5.75 Å². The van der Waals surface area contributed by atoms with Crippen LogP contribution in [-0.4, -0.2) is 4.92 Å². The van der Waals surface area contributed by atoms with E-state index in [0.717, 1.165) is 0 Å². The predicted octanol–water partition coefficient (Wildman–Crippen LogP) is 4.48. The normalized spacial score (nSPS) is 10.2. The molecule has 0 aliphatic carbocycles. The smallest absolute Gasteiger partial charge is 0.269 e. The maximum Gasteiger partial charge on any atom is 0.269 e. The number of ether oxygens (including phenoxy) is 1. The molecule has 0 aromatic heterocycles. The van der Waals surface area contributed by atoms with E-state index in [1.54, 1.807) is 30.3 Å². The first-order valence-electron chi connectivity index (χ1n) is 5.38. The molecule has 0 atom stereocenters. The fourth-order valence-electron chi connectivity index (χ4n) is 1.52. The highest BCUT2D eigenvalue weighted by Crippen LogP contribution is 2.32. The van der Waals surface area contributed by atoms with E-state index in [9.17, 15) is 10.1 Å². The Kier molecular flexibility index (Phi) is 4.24. The lowest BCUT2D eigenvalue weighted by molar-refractivity contribution is -0.384. The number of nitro benzene ring substituents is 1. The van der Waals surface area contributed by atoms with Crippen LogP contribution in [0.1, 0.15) is 5.56 Å². The van der Waals surface area contributed by atoms with Crippen LogP contribution in [0.2, 0.25) is 10.0 Å². The maximum atomic E-state index is 10.7. The number of non-ortho nitro benzene ring substituents is 1. The zero-order valence-corrected chi connectivity index (χ0v) is 11.2. The molecule has 2 aromatic rings. The van der Waals surface area contributed by atoms with E-state index in [2.05, 4.69) is 0 Å². The summed E-state index contributed by atoms with van der Waals surface area (Å²) < 4.78 is 5.50. The summed E-state index contributed by atoms with van der Waals surface area (Å²) in [5.41, 5.74) is 0.712. The summed E-state index contributed by atoms with van der Waals surface area (Å²) in [7, 11) is 0. The molecule has 0 amide bonds. The van der Waals surface area contributed by atoms with Crippen molar-refractivity contribution in [2.75, 3.05) is 0 Å². The zero-order valence-electron chi connectivity index (χ0n) is 9.68. The van der Waals surface area contributed by atoms with Crippen LogP contribution in [0.15, 0.2) is 42.5 Å². The topological polar surface area (TPSA) is 52.4 Å². The van der Waals surface area contributed by atoms with Crippen molar-refractivity contribution < 1.29 is 9.66 Å². The third-order valence-electron chi connectivity index (χ3n) is 2.43. The largest absolute Gasteiger partial charge is 0.487 e. The van der Waals surface area contributed by atoms with E-state index in [-0.39, 0.29) is 12.3 Å². The first-order chi connectivity index (χ1) is 9.08. The molecule has 0 saturated carbocycles. The molecule has 0 radical (unpaired) electrons. The van der Waals surface area contributed by atoms with E-state index in [0.29, 0.717) is 21.4 Å². The molecule has 0 unspecified atom stereocenters. The van der Waals surface area contributed by atoms with E-state index in [4.69, 9.17) is 27.9 Å². The Labute approximate surface area is 119 Å². The van der Waals surface area contributed by atoms with Crippen LogP contribution >= 0.6 is 23.2 Å². The Bertz CT molecular complexity index is 617. The van der Waals surface area contributed by atoms with Crippen molar-refractivity contribution in [1.29, 1.82) is 0 Å². The minimum absolute atomic E-state index is 0.0262. The third-order valence-corrected chi connectivity index (χ3v) is 3.23. The molecule has 0 aliphatic rings. The van der Waals surface area contributed by atoms with Crippen molar-refractivity contribution in [3.05, 3.63) is 68.2 Å². The van der Waals surface area contributed by atoms with Crippen molar-refractivity contribution in [3.8, 4) is 5.75 Å². The second kappa shape index (κ2) is 5.91. The highest BCUT2D eigenvalue weighted by Gasteiger charge is 2.08. The molecular formula is C13H9Cl2NO3. The SMILES string of the molecule is O=[N+]([O-])c1cccc(COc2cccc(Cl)c2Cl)c1. The minimum atomic E-state index is -0.449. The predicted molar refractivity (Wildman–Crippen MR) is 73.9 cm³/mol. The van der Waals surface area contributed by atoms with Gasteiger partial charge in [-0.2, -0.15) is 0 Å². The van der Waals surface area contributed by atoms with Gasteiger partial charge in [-0.05, 0) is 17.7 Å². The van der Waals surface area contributed by atoms with Gasteiger partial charge in [-0.1, -0.05) is 41.4 Å². The van der Waals surface area contributed by atoms with Crippen LogP contribution in [0.25, 0.3) is 0 Å². The van der Waals surface area contributed by atoms with E-state index < -0.39 is 4.92 Å². The molecule has 0 heterocycles. The van der Waals surface area contributed by atoms with Crippen molar-refractivity contribution in [2.45, 2.75) is 6.61 Å². The minimum Gasteiger partial charge on any atom is -0.487 e. The second-order valence-electron chi connectivity index (χ2n) is 3.77. The number of hydrogen-bond acceptors (Lipinski definition) is 3. The first kappa shape index (κ1) is 13.6. The van der Waals surface area contributed by atoms with Gasteiger partial charge >= 0.3 is 0 Å². The molecule has 4 nitrogen and oxygen atoms in total. The van der Waals surface area contributed by atoms with Crippen molar-refractivity contribution in [1.82, 2.24) is 0 Å². The lowest BCUT2D eigenvalue weighted by atomic mass is 10.2. The van der Waals surface area contributed by atoms with Gasteiger partial charge in [-0.3, -0.25) is 10.1 Å². The molecule has 19 heavy (non-hydrogen) atoms. The quantitative estimate of drug-likeness (QED) is 0.617. The molecule has 0 bridgehead atoms. The third kappa shape index (κ3) is 3.36. The monoisotopic (exact) mass is 297 g/mol. The van der Waals surface area contributed by atoms with Crippen LogP contribution in [0, 0.1) is 10.1 Å². The number of nitrogens with zero attached hydrogens (tertiary/aromatic N) is 1. The van der Waals surface area contributed by atoms with Crippen LogP contribution in [-0.2, 0) is 6.61 Å². The van der Waals surface area contributed by atoms with E-state index in [1.165, 1.54) is 12.1 Å². The summed E-state index contributed by atoms with van der Waals surface area (Å²) in [6.07, 6.45) is 0. The summed E-state index contributed by atoms with van der Waals surface area (Å²) in [4.78, 5) is 10.2. The molecular weight excluding hydrogens is 289 g/mol. The van der Waals surface area contributed by atoms with Crippen LogP contribution < -0.4 is 4.74 Å². The summed E-state index contributed by atoms with van der Waals surface area (Å²) in [6, 6.07) is 11.3. The number of benzene rings is 2. The average molecular weight is 298 g/mol. The van der Waals surface area contributed by atoms with Crippen LogP contribution in [0.3, 0.4) is 0 Å². The Hall–Kier alpha value is -1.78. The Balaban J connectivity index is 2.12. The summed E-state index contributed by atoms with van der Waals surface area (Å²) in [6.45, 7) is 0.182. The number of halogens is 2. The molecule has 2 rings (SSSR count). The lowest BCUT2D eigenvalue weighted by Gasteiger charge is -2.08. The van der Waals surface area contributed by atoms with Crippen molar-refractivity contribution in [3.63, 3.8) is 0 Å². The highest BCUT2D eigenvalue weighted by molar-refractivity contribution is 6.42. The van der Waals surface area contributed by atoms with Gasteiger partial charge in [0, 0.05) is 12.1 Å². The average Bonchev–Trinajstić information content (AvgIpc) is 2.41. The number of rotatable bonds is 4. The molecule has 0 fully saturated rings. The fourth-order valence-corrected chi connectivity index (χ4v) is 1.86. The lowest BCUT2D eigenvalue weighted by Crippen LogP contribution is -1.97. The van der Waals surface area contributed by atoms with Gasteiger partial charge in [-0.15, -0.1) is 0 Å². The summed E-state index contributed by atoms with van der Waals surface area (Å²) >= 11 is 11.8. The molecule has 6 heteroatoms. The second-order valence-corrected chi connectivity index (χ2v) is 4.55. The van der Waals surface area contributed by atoms with Gasteiger partial charge in [0.25, 0.3) is 5.69 Å². The Morgan fingerprint density at radius 2 is 1.89 bits per heavy atom. The number of hydrogen-bond donors (Lipinski definition) is 0. The molecule has 2 aromatic carbocycles. The van der Waals surface area contributed by atoms with E-state index in [1.807, 2.05) is 0 Å². The van der Waals surface area contributed by atoms with Gasteiger partial charge in [0.05, 0.1) is 9.95 Å². The highest BCUT2D eigenvalue weighted by atomic mass is 35.5. The van der Waals surface area contributed by atoms with Gasteiger partial charge in [-0.25, -0.2) is 0 Å². The van der Waals surface area contributed by atoms with Crippen LogP contribution in [0.4, 0.5) is 5.69 Å². The van der Waals surface area contributed by atoms with Gasteiger partial charge in [0.2, 0.25) is 0 Å². The van der Waals surface area contributed by atoms with Crippen molar-refractivity contribution >= 4 is 28.9 Å². The van der Waals surface area contributed by atoms with Gasteiger partial charge in [0.1, 0.15) is 17.4 Å². The summed E-state index contributed by atoms with van der Waals surface area (Å²) in [5.74, 6) is 0.445. The maximum absolute atomic E-state index is 10.7. The Morgan fingerprint density at radius 1 is 1.16 bits per heavy atom. The first-order valence-corrected chi connectivity index (χ1v) is 6.13. The van der Waals surface area contributed by atoms with Gasteiger partial charge in [0.15, 0.2) is 0 Å². The zero-order chi connectivity index (χ0) is 13.8. The molecule has 0 spiro atoms. The summed E-state index contributed by atoms with van der Waals surface area (Å²) in [5, 5.41) is 11.4. The molecule has 0 N–H and O–H groups in total. The van der Waals surface area contributed by atoms with Gasteiger partial charge < -0.3 is 4.74 Å².